The van der Waals surface area contributed by atoms with Crippen LogP contribution in [0.1, 0.15) is 34.6 Å². The minimum atomic E-state index is -1.96. The van der Waals surface area contributed by atoms with Crippen LogP contribution >= 0.6 is 22.6 Å². The van der Waals surface area contributed by atoms with Crippen LogP contribution in [-0.2, 0) is 13.9 Å². The molecule has 0 aromatic rings. The van der Waals surface area contributed by atoms with Crippen LogP contribution < -0.4 is 0 Å². The van der Waals surface area contributed by atoms with Crippen LogP contribution in [0.4, 0.5) is 4.79 Å². The van der Waals surface area contributed by atoms with Gasteiger partial charge in [-0.05, 0) is 25.1 Å². The van der Waals surface area contributed by atoms with Crippen molar-refractivity contribution in [3.05, 3.63) is 0 Å². The molecule has 0 aromatic carbocycles. The van der Waals surface area contributed by atoms with Crippen LogP contribution in [0.15, 0.2) is 0 Å². The Hall–Kier alpha value is 0.177. The maximum absolute atomic E-state index is 11.6. The van der Waals surface area contributed by atoms with Gasteiger partial charge in [-0.1, -0.05) is 50.3 Å². The van der Waals surface area contributed by atoms with Gasteiger partial charge in [0.15, 0.2) is 8.32 Å². The first-order chi connectivity index (χ1) is 8.45. The van der Waals surface area contributed by atoms with Gasteiger partial charge in [0, 0.05) is 3.92 Å². The molecule has 19 heavy (non-hydrogen) atoms. The van der Waals surface area contributed by atoms with Crippen LogP contribution in [0.3, 0.4) is 0 Å². The molecule has 4 atom stereocenters. The first-order valence-electron chi connectivity index (χ1n) is 6.65. The Kier molecular flexibility index (Phi) is 5.34. The van der Waals surface area contributed by atoms with E-state index in [4.69, 9.17) is 13.9 Å². The summed E-state index contributed by atoms with van der Waals surface area (Å²) < 4.78 is 17.0. The number of carbonyl (C=O) groups excluding carboxylic acids is 1. The van der Waals surface area contributed by atoms with Crippen molar-refractivity contribution in [1.82, 2.24) is 0 Å². The minimum Gasteiger partial charge on any atom is -0.429 e. The van der Waals surface area contributed by atoms with Crippen molar-refractivity contribution in [2.75, 3.05) is 0 Å². The second-order valence-corrected chi connectivity index (χ2v) is 13.5. The highest BCUT2D eigenvalue weighted by atomic mass is 127. The number of halogens is 1. The molecular weight excluding hydrogens is 375 g/mol. The molecule has 0 aromatic heterocycles. The number of hydrogen-bond acceptors (Lipinski definition) is 4. The molecule has 112 valence electrons. The molecule has 0 N–H and O–H groups in total. The molecule has 0 unspecified atom stereocenters. The fraction of sp³-hybridized carbons (Fsp3) is 0.923. The molecule has 4 nitrogen and oxygen atoms in total. The summed E-state index contributed by atoms with van der Waals surface area (Å²) in [6.45, 7) is 14.9. The number of alkyl halides is 1. The smallest absolute Gasteiger partial charge is 0.429 e. The van der Waals surface area contributed by atoms with Gasteiger partial charge in [0.05, 0.1) is 5.92 Å². The predicted molar refractivity (Wildman–Crippen MR) is 86.1 cm³/mol. The molecule has 0 radical (unpaired) electrons. The molecule has 6 heteroatoms. The van der Waals surface area contributed by atoms with E-state index in [1.807, 2.05) is 13.8 Å². The molecular formula is C13H25IO4Si. The van der Waals surface area contributed by atoms with Gasteiger partial charge in [0.2, 0.25) is 6.29 Å². The Morgan fingerprint density at radius 1 is 1.32 bits per heavy atom. The molecule has 1 heterocycles. The quantitative estimate of drug-likeness (QED) is 0.306. The maximum Gasteiger partial charge on any atom is 0.510 e. The lowest BCUT2D eigenvalue weighted by molar-refractivity contribution is -0.169. The van der Waals surface area contributed by atoms with Crippen LogP contribution in [0, 0.1) is 5.92 Å². The van der Waals surface area contributed by atoms with Gasteiger partial charge in [-0.2, -0.15) is 0 Å². The molecule has 1 fully saturated rings. The number of carbonyl (C=O) groups is 1. The van der Waals surface area contributed by atoms with E-state index in [1.54, 1.807) is 0 Å². The minimum absolute atomic E-state index is 0.0405. The molecule has 1 saturated heterocycles. The van der Waals surface area contributed by atoms with E-state index >= 15 is 0 Å². The van der Waals surface area contributed by atoms with Gasteiger partial charge in [-0.25, -0.2) is 4.79 Å². The van der Waals surface area contributed by atoms with Crippen LogP contribution in [-0.4, -0.2) is 30.8 Å². The Bertz CT molecular complexity index is 338. The monoisotopic (exact) mass is 400 g/mol. The molecule has 0 bridgehead atoms. The van der Waals surface area contributed by atoms with E-state index in [-0.39, 0.29) is 21.0 Å². The Morgan fingerprint density at radius 2 is 1.84 bits per heavy atom. The first-order valence-corrected chi connectivity index (χ1v) is 10.8. The summed E-state index contributed by atoms with van der Waals surface area (Å²) in [6, 6.07) is 0. The maximum atomic E-state index is 11.6. The fourth-order valence-electron chi connectivity index (χ4n) is 1.71. The van der Waals surface area contributed by atoms with E-state index in [1.165, 1.54) is 0 Å². The van der Waals surface area contributed by atoms with E-state index in [0.717, 1.165) is 0 Å². The SMILES string of the molecule is C[C@H]1[C@@H](O[Si](C)(C)C(C)(C)C)OC(=O)O[C@H]1[C@@H](C)I. The molecule has 0 spiro atoms. The van der Waals surface area contributed by atoms with Crippen molar-refractivity contribution in [2.24, 2.45) is 5.92 Å². The zero-order chi connectivity index (χ0) is 15.0. The summed E-state index contributed by atoms with van der Waals surface area (Å²) >= 11 is 2.27. The highest BCUT2D eigenvalue weighted by Crippen LogP contribution is 2.40. The van der Waals surface area contributed by atoms with Gasteiger partial charge in [0.25, 0.3) is 0 Å². The van der Waals surface area contributed by atoms with Crippen molar-refractivity contribution >= 4 is 37.1 Å². The number of cyclic esters (lactones) is 2. The third kappa shape index (κ3) is 4.07. The largest absolute Gasteiger partial charge is 0.510 e. The zero-order valence-corrected chi connectivity index (χ0v) is 16.0. The van der Waals surface area contributed by atoms with Crippen molar-refractivity contribution < 1.29 is 18.7 Å². The summed E-state index contributed by atoms with van der Waals surface area (Å²) in [5, 5.41) is 0.0862. The average molecular weight is 400 g/mol. The van der Waals surface area contributed by atoms with Gasteiger partial charge in [-0.3, -0.25) is 0 Å². The Labute approximate surface area is 130 Å². The Morgan fingerprint density at radius 3 is 2.26 bits per heavy atom. The summed E-state index contributed by atoms with van der Waals surface area (Å²) in [5.74, 6) is 0.0405. The van der Waals surface area contributed by atoms with Gasteiger partial charge in [0.1, 0.15) is 6.10 Å². The standard InChI is InChI=1S/C13H25IO4Si/c1-8-10(9(2)14)16-12(15)17-11(8)18-19(6,7)13(3,4)5/h8-11H,1-7H3/t8-,9-,10-,11-/m1/s1. The van der Waals surface area contributed by atoms with Crippen LogP contribution in [0.25, 0.3) is 0 Å². The molecule has 1 rings (SSSR count). The number of rotatable bonds is 3. The van der Waals surface area contributed by atoms with Crippen molar-refractivity contribution in [2.45, 2.75) is 69.1 Å². The predicted octanol–water partition coefficient (Wildman–Crippen LogP) is 4.33. The summed E-state index contributed by atoms with van der Waals surface area (Å²) in [4.78, 5) is 11.6. The van der Waals surface area contributed by atoms with Crippen molar-refractivity contribution in [3.8, 4) is 0 Å². The van der Waals surface area contributed by atoms with Crippen LogP contribution in [0.2, 0.25) is 18.1 Å². The van der Waals surface area contributed by atoms with Gasteiger partial charge in [-0.15, -0.1) is 0 Å². The lowest BCUT2D eigenvalue weighted by atomic mass is 10.0. The van der Waals surface area contributed by atoms with E-state index in [2.05, 4.69) is 56.5 Å². The van der Waals surface area contributed by atoms with E-state index in [9.17, 15) is 4.79 Å². The van der Waals surface area contributed by atoms with E-state index in [0.29, 0.717) is 0 Å². The highest BCUT2D eigenvalue weighted by molar-refractivity contribution is 14.1. The van der Waals surface area contributed by atoms with Gasteiger partial charge >= 0.3 is 6.16 Å². The zero-order valence-electron chi connectivity index (χ0n) is 12.8. The van der Waals surface area contributed by atoms with Crippen molar-refractivity contribution in [3.63, 3.8) is 0 Å². The topological polar surface area (TPSA) is 44.8 Å². The third-order valence-electron chi connectivity index (χ3n) is 4.06. The van der Waals surface area contributed by atoms with E-state index < -0.39 is 20.8 Å². The molecule has 1 aliphatic heterocycles. The average Bonchev–Trinajstić information content (AvgIpc) is 2.20. The fourth-order valence-corrected chi connectivity index (χ4v) is 3.71. The summed E-state index contributed by atoms with van der Waals surface area (Å²) in [5.41, 5.74) is 0. The Balaban J connectivity index is 2.85. The lowest BCUT2D eigenvalue weighted by Gasteiger charge is -2.43. The lowest BCUT2D eigenvalue weighted by Crippen LogP contribution is -2.53. The number of ether oxygens (including phenoxy) is 2. The number of hydrogen-bond donors (Lipinski definition) is 0. The van der Waals surface area contributed by atoms with Crippen LogP contribution in [0.5, 0.6) is 0 Å². The first kappa shape index (κ1) is 17.2. The summed E-state index contributed by atoms with van der Waals surface area (Å²) in [7, 11) is -1.96. The summed E-state index contributed by atoms with van der Waals surface area (Å²) in [6.07, 6.45) is -1.27. The second-order valence-electron chi connectivity index (χ2n) is 6.73. The highest BCUT2D eigenvalue weighted by Gasteiger charge is 2.46. The molecule has 0 amide bonds. The molecule has 0 saturated carbocycles. The molecule has 0 aliphatic carbocycles. The molecule has 1 aliphatic rings. The second kappa shape index (κ2) is 5.89. The third-order valence-corrected chi connectivity index (χ3v) is 9.20. The van der Waals surface area contributed by atoms with Gasteiger partial charge < -0.3 is 13.9 Å². The van der Waals surface area contributed by atoms with Crippen molar-refractivity contribution in [1.29, 1.82) is 0 Å². The normalized spacial score (nSPS) is 30.5.